The van der Waals surface area contributed by atoms with Gasteiger partial charge in [-0.05, 0) is 54.7 Å². The molecule has 1 aliphatic carbocycles. The molecule has 29 heavy (non-hydrogen) atoms. The Labute approximate surface area is 180 Å². The number of rotatable bonds is 5. The normalized spacial score (nSPS) is 15.8. The highest BCUT2D eigenvalue weighted by Crippen LogP contribution is 2.34. The lowest BCUT2D eigenvalue weighted by molar-refractivity contribution is -0.129. The summed E-state index contributed by atoms with van der Waals surface area (Å²) in [5.41, 5.74) is 3.58. The van der Waals surface area contributed by atoms with Crippen LogP contribution in [0, 0.1) is 0 Å². The molecule has 0 saturated carbocycles. The zero-order chi connectivity index (χ0) is 20.4. The molecule has 0 bridgehead atoms. The van der Waals surface area contributed by atoms with Crippen LogP contribution in [-0.4, -0.2) is 38.4 Å². The lowest BCUT2D eigenvalue weighted by Crippen LogP contribution is -2.34. The molecule has 1 aromatic heterocycles. The number of carbonyl (C=O) groups excluding carboxylic acids is 1. The van der Waals surface area contributed by atoms with Crippen molar-refractivity contribution >= 4 is 29.3 Å². The zero-order valence-corrected chi connectivity index (χ0v) is 18.1. The molecule has 1 atom stereocenters. The van der Waals surface area contributed by atoms with Crippen molar-refractivity contribution in [3.63, 3.8) is 0 Å². The van der Waals surface area contributed by atoms with Crippen LogP contribution in [-0.2, 0) is 18.3 Å². The maximum Gasteiger partial charge on any atom is 0.233 e. The number of hydrogen-bond acceptors (Lipinski definition) is 4. The lowest BCUT2D eigenvalue weighted by Gasteiger charge is -2.33. The summed E-state index contributed by atoms with van der Waals surface area (Å²) in [6, 6.07) is 16.1. The summed E-state index contributed by atoms with van der Waals surface area (Å²) in [5.74, 6) is 1.20. The predicted molar refractivity (Wildman–Crippen MR) is 117 cm³/mol. The number of fused-ring (bicyclic) bond motifs is 1. The van der Waals surface area contributed by atoms with Crippen molar-refractivity contribution in [2.45, 2.75) is 30.5 Å². The van der Waals surface area contributed by atoms with E-state index < -0.39 is 0 Å². The second-order valence-electron chi connectivity index (χ2n) is 7.27. The van der Waals surface area contributed by atoms with Crippen LogP contribution in [0.4, 0.5) is 0 Å². The van der Waals surface area contributed by atoms with Crippen LogP contribution in [0.2, 0.25) is 5.02 Å². The Morgan fingerprint density at radius 1 is 1.21 bits per heavy atom. The second-order valence-corrected chi connectivity index (χ2v) is 8.65. The van der Waals surface area contributed by atoms with Gasteiger partial charge in [-0.25, -0.2) is 0 Å². The van der Waals surface area contributed by atoms with E-state index in [1.807, 2.05) is 47.8 Å². The molecule has 3 aromatic rings. The maximum absolute atomic E-state index is 12.9. The van der Waals surface area contributed by atoms with Crippen molar-refractivity contribution in [2.24, 2.45) is 7.05 Å². The summed E-state index contributed by atoms with van der Waals surface area (Å²) in [4.78, 5) is 14.8. The molecule has 7 heteroatoms. The van der Waals surface area contributed by atoms with E-state index in [1.54, 1.807) is 0 Å². The Hall–Kier alpha value is -2.31. The number of thioether (sulfide) groups is 1. The van der Waals surface area contributed by atoms with Crippen molar-refractivity contribution in [3.8, 4) is 11.4 Å². The van der Waals surface area contributed by atoms with Gasteiger partial charge in [-0.3, -0.25) is 4.79 Å². The van der Waals surface area contributed by atoms with Gasteiger partial charge in [0.25, 0.3) is 0 Å². The molecule has 150 valence electrons. The van der Waals surface area contributed by atoms with Crippen LogP contribution < -0.4 is 0 Å². The smallest absolute Gasteiger partial charge is 0.233 e. The van der Waals surface area contributed by atoms with E-state index >= 15 is 0 Å². The van der Waals surface area contributed by atoms with Gasteiger partial charge < -0.3 is 9.47 Å². The van der Waals surface area contributed by atoms with Crippen molar-refractivity contribution < 1.29 is 4.79 Å². The van der Waals surface area contributed by atoms with E-state index in [0.29, 0.717) is 10.8 Å². The third-order valence-corrected chi connectivity index (χ3v) is 6.72. The quantitative estimate of drug-likeness (QED) is 0.552. The van der Waals surface area contributed by atoms with Gasteiger partial charge in [0.05, 0.1) is 11.8 Å². The van der Waals surface area contributed by atoms with E-state index in [9.17, 15) is 4.79 Å². The minimum atomic E-state index is 0.104. The molecule has 1 unspecified atom stereocenters. The maximum atomic E-state index is 12.9. The molecule has 0 saturated heterocycles. The van der Waals surface area contributed by atoms with Gasteiger partial charge >= 0.3 is 0 Å². The van der Waals surface area contributed by atoms with Gasteiger partial charge in [-0.2, -0.15) is 0 Å². The van der Waals surface area contributed by atoms with Gasteiger partial charge in [0.15, 0.2) is 11.0 Å². The molecule has 1 heterocycles. The summed E-state index contributed by atoms with van der Waals surface area (Å²) in [5, 5.41) is 9.96. The average Bonchev–Trinajstić information content (AvgIpc) is 3.12. The van der Waals surface area contributed by atoms with Crippen LogP contribution in [0.1, 0.15) is 30.0 Å². The zero-order valence-electron chi connectivity index (χ0n) is 16.5. The minimum absolute atomic E-state index is 0.104. The Balaban J connectivity index is 1.43. The van der Waals surface area contributed by atoms with Crippen molar-refractivity contribution in [3.05, 3.63) is 64.7 Å². The fraction of sp³-hybridized carbons (Fsp3) is 0.318. The van der Waals surface area contributed by atoms with Gasteiger partial charge in [-0.15, -0.1) is 10.2 Å². The molecule has 0 N–H and O–H groups in total. The van der Waals surface area contributed by atoms with Crippen molar-refractivity contribution in [1.82, 2.24) is 19.7 Å². The predicted octanol–water partition coefficient (Wildman–Crippen LogP) is 4.76. The highest BCUT2D eigenvalue weighted by molar-refractivity contribution is 7.99. The molecule has 1 aliphatic rings. The molecule has 0 aliphatic heterocycles. The Kier molecular flexibility index (Phi) is 5.92. The SMILES string of the molecule is CN(C(=O)CSc1nnc(-c2ccc(Cl)cc2)n1C)C1CCCc2ccccc21. The molecule has 0 radical (unpaired) electrons. The number of hydrogen-bond donors (Lipinski definition) is 0. The molecule has 0 spiro atoms. The minimum Gasteiger partial charge on any atom is -0.338 e. The first-order chi connectivity index (χ1) is 14.0. The summed E-state index contributed by atoms with van der Waals surface area (Å²) in [6.45, 7) is 0. The van der Waals surface area contributed by atoms with Crippen LogP contribution >= 0.6 is 23.4 Å². The molecule has 5 nitrogen and oxygen atoms in total. The standard InChI is InChI=1S/C22H23ClN4OS/c1-26(19-9-5-7-15-6-3-4-8-18(15)19)20(28)14-29-22-25-24-21(27(22)2)16-10-12-17(23)13-11-16/h3-4,6,8,10-13,19H,5,7,9,14H2,1-2H3. The Bertz CT molecular complexity index is 1020. The van der Waals surface area contributed by atoms with Gasteiger partial charge in [0.2, 0.25) is 5.91 Å². The first-order valence-electron chi connectivity index (χ1n) is 9.66. The molecular weight excluding hydrogens is 404 g/mol. The van der Waals surface area contributed by atoms with E-state index in [4.69, 9.17) is 11.6 Å². The van der Waals surface area contributed by atoms with Crippen LogP contribution in [0.5, 0.6) is 0 Å². The fourth-order valence-electron chi connectivity index (χ4n) is 3.82. The first-order valence-corrected chi connectivity index (χ1v) is 11.0. The van der Waals surface area contributed by atoms with E-state index in [1.165, 1.54) is 22.9 Å². The summed E-state index contributed by atoms with van der Waals surface area (Å²) >= 11 is 7.38. The largest absolute Gasteiger partial charge is 0.338 e. The first kappa shape index (κ1) is 20.0. The molecular formula is C22H23ClN4OS. The summed E-state index contributed by atoms with van der Waals surface area (Å²) in [6.07, 6.45) is 3.21. The monoisotopic (exact) mass is 426 g/mol. The topological polar surface area (TPSA) is 51.0 Å². The second kappa shape index (κ2) is 8.59. The molecule has 1 amide bonds. The number of carbonyl (C=O) groups is 1. The third kappa shape index (κ3) is 4.19. The number of amides is 1. The van der Waals surface area contributed by atoms with E-state index in [0.717, 1.165) is 35.8 Å². The Morgan fingerprint density at radius 2 is 1.97 bits per heavy atom. The number of benzene rings is 2. The van der Waals surface area contributed by atoms with Crippen molar-refractivity contribution in [1.29, 1.82) is 0 Å². The van der Waals surface area contributed by atoms with Gasteiger partial charge in [0.1, 0.15) is 0 Å². The van der Waals surface area contributed by atoms with Crippen LogP contribution in [0.15, 0.2) is 53.7 Å². The highest BCUT2D eigenvalue weighted by atomic mass is 35.5. The average molecular weight is 427 g/mol. The Morgan fingerprint density at radius 3 is 2.76 bits per heavy atom. The highest BCUT2D eigenvalue weighted by Gasteiger charge is 2.26. The van der Waals surface area contributed by atoms with Gasteiger partial charge in [0, 0.05) is 24.7 Å². The number of aromatic nitrogens is 3. The summed E-state index contributed by atoms with van der Waals surface area (Å²) in [7, 11) is 3.82. The van der Waals surface area contributed by atoms with Crippen LogP contribution in [0.25, 0.3) is 11.4 Å². The summed E-state index contributed by atoms with van der Waals surface area (Å²) < 4.78 is 1.91. The molecule has 4 rings (SSSR count). The van der Waals surface area contributed by atoms with Crippen molar-refractivity contribution in [2.75, 3.05) is 12.8 Å². The fourth-order valence-corrected chi connectivity index (χ4v) is 4.78. The van der Waals surface area contributed by atoms with E-state index in [-0.39, 0.29) is 11.9 Å². The number of aryl methyl sites for hydroxylation is 1. The lowest BCUT2D eigenvalue weighted by atomic mass is 9.87. The van der Waals surface area contributed by atoms with Crippen LogP contribution in [0.3, 0.4) is 0 Å². The molecule has 2 aromatic carbocycles. The van der Waals surface area contributed by atoms with Gasteiger partial charge in [-0.1, -0.05) is 47.6 Å². The number of nitrogens with zero attached hydrogens (tertiary/aromatic N) is 4. The number of halogens is 1. The third-order valence-electron chi connectivity index (χ3n) is 5.46. The molecule has 0 fully saturated rings. The van der Waals surface area contributed by atoms with E-state index in [2.05, 4.69) is 34.5 Å².